The van der Waals surface area contributed by atoms with E-state index in [2.05, 4.69) is 60.3 Å². The van der Waals surface area contributed by atoms with Gasteiger partial charge < -0.3 is 25.9 Å². The minimum atomic E-state index is -0.0380. The first-order valence-electron chi connectivity index (χ1n) is 14.1. The van der Waals surface area contributed by atoms with Crippen LogP contribution < -0.4 is 0 Å². The molecule has 228 valence electrons. The Labute approximate surface area is 264 Å². The van der Waals surface area contributed by atoms with E-state index >= 15 is 0 Å². The Morgan fingerprint density at radius 2 is 0.953 bits per heavy atom. The van der Waals surface area contributed by atoms with Gasteiger partial charge in [0.25, 0.3) is 0 Å². The number of hydrogen-bond donors (Lipinski definition) is 4. The largest absolute Gasteiger partial charge is 0.504 e. The molecule has 2 aliphatic carbocycles. The average molecular weight is 626 g/mol. The van der Waals surface area contributed by atoms with Crippen molar-refractivity contribution in [2.45, 2.75) is 37.8 Å². The lowest BCUT2D eigenvalue weighted by atomic mass is 9.77. The predicted octanol–water partition coefficient (Wildman–Crippen LogP) is 5.72. The van der Waals surface area contributed by atoms with Crippen LogP contribution in [-0.2, 0) is 25.7 Å². The maximum Gasteiger partial charge on any atom is 0.165 e. The van der Waals surface area contributed by atoms with Crippen LogP contribution in [0.3, 0.4) is 0 Å². The second kappa shape index (κ2) is 12.3. The number of hydrogen-bond acceptors (Lipinski definition) is 6. The first kappa shape index (κ1) is 32.5. The zero-order valence-electron chi connectivity index (χ0n) is 24.2. The summed E-state index contributed by atoms with van der Waals surface area (Å²) in [6.07, 6.45) is 3.88. The summed E-state index contributed by atoms with van der Waals surface area (Å²) in [5.41, 5.74) is 11.4. The Hall–Kier alpha value is -3.46. The normalized spacial score (nSPS) is 18.9. The van der Waals surface area contributed by atoms with Crippen molar-refractivity contribution < 1.29 is 25.9 Å². The lowest BCUT2D eigenvalue weighted by Gasteiger charge is -2.39. The number of fused-ring (bicyclic) bond motifs is 4. The molecular weight excluding hydrogens is 587 g/mol. The van der Waals surface area contributed by atoms with Crippen molar-refractivity contribution in [3.63, 3.8) is 0 Å². The third-order valence-electron chi connectivity index (χ3n) is 9.44. The van der Waals surface area contributed by atoms with E-state index in [0.29, 0.717) is 12.1 Å². The Bertz CT molecular complexity index is 1550. The second-order valence-electron chi connectivity index (χ2n) is 11.6. The molecule has 0 saturated carbocycles. The third-order valence-corrected chi connectivity index (χ3v) is 9.44. The molecule has 0 aromatic heterocycles. The van der Waals surface area contributed by atoms with Gasteiger partial charge in [0, 0.05) is 36.3 Å². The molecule has 4 aromatic rings. The number of halogens is 2. The fourth-order valence-corrected chi connectivity index (χ4v) is 7.35. The van der Waals surface area contributed by atoms with Crippen molar-refractivity contribution in [2.24, 2.45) is 0 Å². The van der Waals surface area contributed by atoms with Gasteiger partial charge in [0.2, 0.25) is 0 Å². The van der Waals surface area contributed by atoms with Crippen LogP contribution in [0.4, 0.5) is 0 Å². The molecule has 8 rings (SSSR count). The van der Waals surface area contributed by atoms with E-state index in [0.717, 1.165) is 72.2 Å². The Balaban J connectivity index is 0.000000184. The highest BCUT2D eigenvalue weighted by Crippen LogP contribution is 2.51. The minimum absolute atomic E-state index is 0. The van der Waals surface area contributed by atoms with Crippen molar-refractivity contribution in [3.05, 3.63) is 94.0 Å². The molecule has 2 heterocycles. The standard InChI is InChI=1S/2C17H17NO2.2ClH.H2O/c2*1-18-8-7-10-3-2-4-12-15(10)13(18)9-11-5-6-14(19)17(20)16(11)12;;;/h2*2-6,13,19-20H,7-9H2,1H3;2*1H;1H2. The maximum absolute atomic E-state index is 10.3. The smallest absolute Gasteiger partial charge is 0.165 e. The van der Waals surface area contributed by atoms with Crippen molar-refractivity contribution in [2.75, 3.05) is 27.2 Å². The number of rotatable bonds is 0. The van der Waals surface area contributed by atoms with E-state index < -0.39 is 0 Å². The molecule has 2 unspecified atom stereocenters. The number of phenols is 4. The summed E-state index contributed by atoms with van der Waals surface area (Å²) in [5, 5.41) is 40.1. The van der Waals surface area contributed by atoms with Gasteiger partial charge in [-0.05, 0) is 96.4 Å². The zero-order chi connectivity index (χ0) is 27.7. The summed E-state index contributed by atoms with van der Waals surface area (Å²) in [7, 11) is 4.32. The number of likely N-dealkylation sites (N-methyl/N-ethyl adjacent to an activating group) is 2. The van der Waals surface area contributed by atoms with Crippen LogP contribution in [0.1, 0.15) is 45.5 Å². The van der Waals surface area contributed by atoms with Crippen LogP contribution in [0.15, 0.2) is 60.7 Å². The lowest BCUT2D eigenvalue weighted by Crippen LogP contribution is -2.35. The topological polar surface area (TPSA) is 119 Å². The fraction of sp³-hybridized carbons (Fsp3) is 0.294. The highest BCUT2D eigenvalue weighted by Gasteiger charge is 2.35. The molecule has 0 spiro atoms. The van der Waals surface area contributed by atoms with E-state index in [9.17, 15) is 20.4 Å². The molecule has 4 aliphatic rings. The summed E-state index contributed by atoms with van der Waals surface area (Å²) >= 11 is 0. The molecule has 43 heavy (non-hydrogen) atoms. The third kappa shape index (κ3) is 5.09. The maximum atomic E-state index is 10.3. The van der Waals surface area contributed by atoms with Crippen LogP contribution in [0.25, 0.3) is 22.3 Å². The summed E-state index contributed by atoms with van der Waals surface area (Å²) in [6, 6.07) is 20.4. The molecule has 9 heteroatoms. The van der Waals surface area contributed by atoms with Gasteiger partial charge in [-0.1, -0.05) is 48.5 Å². The first-order chi connectivity index (χ1) is 19.3. The SMILES string of the molecule is CN1CCc2cccc3c2C1Cc1ccc(O)c(O)c1-3.CN1CCc2cccc3c2C1Cc1ccc(O)c(O)c1-3.Cl.Cl.O. The Morgan fingerprint density at radius 1 is 0.558 bits per heavy atom. The van der Waals surface area contributed by atoms with Crippen molar-refractivity contribution in [1.29, 1.82) is 0 Å². The predicted molar refractivity (Wildman–Crippen MR) is 174 cm³/mol. The summed E-state index contributed by atoms with van der Waals surface area (Å²) in [4.78, 5) is 4.78. The van der Waals surface area contributed by atoms with Crippen LogP contribution in [-0.4, -0.2) is 62.9 Å². The average Bonchev–Trinajstić information content (AvgIpc) is 2.96. The van der Waals surface area contributed by atoms with Gasteiger partial charge in [-0.25, -0.2) is 0 Å². The molecule has 6 N–H and O–H groups in total. The quantitative estimate of drug-likeness (QED) is 0.186. The Morgan fingerprint density at radius 3 is 1.35 bits per heavy atom. The summed E-state index contributed by atoms with van der Waals surface area (Å²) < 4.78 is 0. The molecule has 0 radical (unpaired) electrons. The van der Waals surface area contributed by atoms with Gasteiger partial charge in [0.1, 0.15) is 0 Å². The van der Waals surface area contributed by atoms with Crippen LogP contribution >= 0.6 is 24.8 Å². The van der Waals surface area contributed by atoms with E-state index in [-0.39, 0.29) is 53.3 Å². The highest BCUT2D eigenvalue weighted by atomic mass is 35.5. The molecule has 4 aromatic carbocycles. The van der Waals surface area contributed by atoms with E-state index in [1.54, 1.807) is 12.1 Å². The second-order valence-corrected chi connectivity index (χ2v) is 11.6. The number of phenolic OH excluding ortho intramolecular Hbond substituents is 4. The van der Waals surface area contributed by atoms with Crippen LogP contribution in [0.5, 0.6) is 23.0 Å². The van der Waals surface area contributed by atoms with Crippen molar-refractivity contribution in [3.8, 4) is 45.3 Å². The first-order valence-corrected chi connectivity index (χ1v) is 14.1. The number of benzene rings is 4. The Kier molecular flexibility index (Phi) is 9.26. The van der Waals surface area contributed by atoms with Gasteiger partial charge in [0.05, 0.1) is 0 Å². The number of nitrogens with zero attached hydrogens (tertiary/aromatic N) is 2. The van der Waals surface area contributed by atoms with Crippen molar-refractivity contribution in [1.82, 2.24) is 9.80 Å². The molecule has 0 fully saturated rings. The van der Waals surface area contributed by atoms with Gasteiger partial charge in [-0.15, -0.1) is 24.8 Å². The monoisotopic (exact) mass is 624 g/mol. The molecule has 2 aliphatic heterocycles. The molecule has 2 atom stereocenters. The molecular formula is C34H38Cl2N2O5. The lowest BCUT2D eigenvalue weighted by molar-refractivity contribution is 0.228. The van der Waals surface area contributed by atoms with Gasteiger partial charge in [-0.2, -0.15) is 0 Å². The molecule has 0 saturated heterocycles. The van der Waals surface area contributed by atoms with Gasteiger partial charge >= 0.3 is 0 Å². The highest BCUT2D eigenvalue weighted by molar-refractivity contribution is 5.86. The van der Waals surface area contributed by atoms with Crippen LogP contribution in [0.2, 0.25) is 0 Å². The number of aromatic hydroxyl groups is 4. The molecule has 0 bridgehead atoms. The van der Waals surface area contributed by atoms with E-state index in [1.807, 2.05) is 12.1 Å². The van der Waals surface area contributed by atoms with Gasteiger partial charge in [-0.3, -0.25) is 9.80 Å². The van der Waals surface area contributed by atoms with Gasteiger partial charge in [0.15, 0.2) is 23.0 Å². The fourth-order valence-electron chi connectivity index (χ4n) is 7.35. The molecule has 7 nitrogen and oxygen atoms in total. The minimum Gasteiger partial charge on any atom is -0.504 e. The van der Waals surface area contributed by atoms with Crippen molar-refractivity contribution >= 4 is 24.8 Å². The van der Waals surface area contributed by atoms with E-state index in [1.165, 1.54) is 22.3 Å². The van der Waals surface area contributed by atoms with E-state index in [4.69, 9.17) is 0 Å². The summed E-state index contributed by atoms with van der Waals surface area (Å²) in [5.74, 6) is -0.0434. The molecule has 0 amide bonds. The van der Waals surface area contributed by atoms with Crippen LogP contribution in [0, 0.1) is 0 Å². The summed E-state index contributed by atoms with van der Waals surface area (Å²) in [6.45, 7) is 2.14. The zero-order valence-corrected chi connectivity index (χ0v) is 25.8.